The zero-order chi connectivity index (χ0) is 11.7. The number of rotatable bonds is 3. The summed E-state index contributed by atoms with van der Waals surface area (Å²) in [5, 5.41) is 2.80. The lowest BCUT2D eigenvalue weighted by Crippen LogP contribution is -2.09. The van der Waals surface area contributed by atoms with E-state index in [-0.39, 0.29) is 5.91 Å². The van der Waals surface area contributed by atoms with Gasteiger partial charge in [0.15, 0.2) is 0 Å². The summed E-state index contributed by atoms with van der Waals surface area (Å²) in [4.78, 5) is 11.0. The molecule has 0 radical (unpaired) electrons. The Labute approximate surface area is 92.7 Å². The monoisotopic (exact) mass is 207 g/mol. The summed E-state index contributed by atoms with van der Waals surface area (Å²) in [6.45, 7) is 7.95. The molecule has 84 valence electrons. The highest BCUT2D eigenvalue weighted by Gasteiger charge is 1.97. The van der Waals surface area contributed by atoms with Crippen molar-refractivity contribution in [3.63, 3.8) is 0 Å². The predicted molar refractivity (Wildman–Crippen MR) is 66.1 cm³/mol. The van der Waals surface area contributed by atoms with Gasteiger partial charge in [-0.15, -0.1) is 0 Å². The van der Waals surface area contributed by atoms with Gasteiger partial charge >= 0.3 is 0 Å². The SMILES string of the molecule is CC.CCC(=O)Nc1ccc(CC)cc1. The van der Waals surface area contributed by atoms with Crippen LogP contribution >= 0.6 is 0 Å². The van der Waals surface area contributed by atoms with Crippen molar-refractivity contribution in [2.45, 2.75) is 40.5 Å². The number of hydrogen-bond acceptors (Lipinski definition) is 1. The van der Waals surface area contributed by atoms with Crippen molar-refractivity contribution < 1.29 is 4.79 Å². The average molecular weight is 207 g/mol. The van der Waals surface area contributed by atoms with E-state index in [4.69, 9.17) is 0 Å². The van der Waals surface area contributed by atoms with Gasteiger partial charge in [-0.1, -0.05) is 39.8 Å². The molecule has 0 spiro atoms. The van der Waals surface area contributed by atoms with Crippen LogP contribution in [0.4, 0.5) is 5.69 Å². The molecule has 1 N–H and O–H groups in total. The number of carbonyl (C=O) groups is 1. The van der Waals surface area contributed by atoms with Crippen LogP contribution in [0, 0.1) is 0 Å². The summed E-state index contributed by atoms with van der Waals surface area (Å²) in [5.41, 5.74) is 2.17. The first-order chi connectivity index (χ1) is 7.26. The molecule has 0 aliphatic rings. The van der Waals surface area contributed by atoms with Crippen LogP contribution in [0.15, 0.2) is 24.3 Å². The van der Waals surface area contributed by atoms with Gasteiger partial charge < -0.3 is 5.32 Å². The molecule has 1 amide bonds. The van der Waals surface area contributed by atoms with E-state index in [9.17, 15) is 4.79 Å². The van der Waals surface area contributed by atoms with Crippen LogP contribution < -0.4 is 5.32 Å². The molecule has 2 nitrogen and oxygen atoms in total. The maximum Gasteiger partial charge on any atom is 0.224 e. The van der Waals surface area contributed by atoms with Gasteiger partial charge in [0.25, 0.3) is 0 Å². The molecule has 1 aromatic rings. The lowest BCUT2D eigenvalue weighted by Gasteiger charge is -2.03. The molecule has 0 unspecified atom stereocenters. The fourth-order valence-electron chi connectivity index (χ4n) is 1.07. The van der Waals surface area contributed by atoms with Crippen molar-refractivity contribution in [3.05, 3.63) is 29.8 Å². The Morgan fingerprint density at radius 3 is 2.07 bits per heavy atom. The van der Waals surface area contributed by atoms with Gasteiger partial charge in [-0.3, -0.25) is 4.79 Å². The van der Waals surface area contributed by atoms with Crippen molar-refractivity contribution in [1.82, 2.24) is 0 Å². The minimum absolute atomic E-state index is 0.0595. The first-order valence-corrected chi connectivity index (χ1v) is 5.65. The quantitative estimate of drug-likeness (QED) is 0.805. The fraction of sp³-hybridized carbons (Fsp3) is 0.462. The molecule has 0 aliphatic heterocycles. The highest BCUT2D eigenvalue weighted by atomic mass is 16.1. The van der Waals surface area contributed by atoms with Crippen molar-refractivity contribution in [1.29, 1.82) is 0 Å². The van der Waals surface area contributed by atoms with E-state index in [0.29, 0.717) is 6.42 Å². The second-order valence-corrected chi connectivity index (χ2v) is 2.95. The smallest absolute Gasteiger partial charge is 0.224 e. The first-order valence-electron chi connectivity index (χ1n) is 5.65. The summed E-state index contributed by atoms with van der Waals surface area (Å²) in [7, 11) is 0. The molecule has 0 heterocycles. The minimum atomic E-state index is 0.0595. The Balaban J connectivity index is 0.000000921. The second-order valence-electron chi connectivity index (χ2n) is 2.95. The van der Waals surface area contributed by atoms with E-state index >= 15 is 0 Å². The van der Waals surface area contributed by atoms with Crippen molar-refractivity contribution >= 4 is 11.6 Å². The van der Waals surface area contributed by atoms with Gasteiger partial charge in [-0.05, 0) is 24.1 Å². The number of nitrogens with one attached hydrogen (secondary N) is 1. The second kappa shape index (κ2) is 8.04. The lowest BCUT2D eigenvalue weighted by molar-refractivity contribution is -0.115. The molecule has 0 fully saturated rings. The van der Waals surface area contributed by atoms with Gasteiger partial charge in [-0.25, -0.2) is 0 Å². The molecular weight excluding hydrogens is 186 g/mol. The molecular formula is C13H21NO. The molecule has 0 aliphatic carbocycles. The highest BCUT2D eigenvalue weighted by molar-refractivity contribution is 5.90. The molecule has 0 aromatic heterocycles. The van der Waals surface area contributed by atoms with E-state index in [1.165, 1.54) is 5.56 Å². The molecule has 0 bridgehead atoms. The Morgan fingerprint density at radius 1 is 1.13 bits per heavy atom. The van der Waals surface area contributed by atoms with Crippen molar-refractivity contribution in [2.75, 3.05) is 5.32 Å². The van der Waals surface area contributed by atoms with Gasteiger partial charge in [0, 0.05) is 12.1 Å². The van der Waals surface area contributed by atoms with Crippen LogP contribution in [-0.4, -0.2) is 5.91 Å². The molecule has 15 heavy (non-hydrogen) atoms. The summed E-state index contributed by atoms with van der Waals surface area (Å²) in [6.07, 6.45) is 1.55. The molecule has 1 rings (SSSR count). The number of hydrogen-bond donors (Lipinski definition) is 1. The number of benzene rings is 1. The largest absolute Gasteiger partial charge is 0.326 e. The van der Waals surface area contributed by atoms with Crippen LogP contribution in [0.1, 0.15) is 39.7 Å². The van der Waals surface area contributed by atoms with E-state index in [1.807, 2.05) is 45.0 Å². The van der Waals surface area contributed by atoms with Gasteiger partial charge in [0.1, 0.15) is 0 Å². The summed E-state index contributed by atoms with van der Waals surface area (Å²) in [6, 6.07) is 7.94. The van der Waals surface area contributed by atoms with Crippen molar-refractivity contribution in [3.8, 4) is 0 Å². The average Bonchev–Trinajstić information content (AvgIpc) is 2.32. The number of carbonyl (C=O) groups excluding carboxylic acids is 1. The summed E-state index contributed by atoms with van der Waals surface area (Å²) >= 11 is 0. The maximum absolute atomic E-state index is 11.0. The van der Waals surface area contributed by atoms with Crippen LogP contribution in [0.25, 0.3) is 0 Å². The zero-order valence-corrected chi connectivity index (χ0v) is 10.1. The number of anilines is 1. The topological polar surface area (TPSA) is 29.1 Å². The third kappa shape index (κ3) is 5.21. The Hall–Kier alpha value is -1.31. The lowest BCUT2D eigenvalue weighted by atomic mass is 10.1. The zero-order valence-electron chi connectivity index (χ0n) is 10.1. The van der Waals surface area contributed by atoms with Crippen LogP contribution in [0.5, 0.6) is 0 Å². The van der Waals surface area contributed by atoms with E-state index in [2.05, 4.69) is 12.2 Å². The fourth-order valence-corrected chi connectivity index (χ4v) is 1.07. The normalized spacial score (nSPS) is 8.80. The molecule has 2 heteroatoms. The number of aryl methyl sites for hydroxylation is 1. The molecule has 0 saturated heterocycles. The van der Waals surface area contributed by atoms with Gasteiger partial charge in [-0.2, -0.15) is 0 Å². The van der Waals surface area contributed by atoms with Crippen LogP contribution in [0.3, 0.4) is 0 Å². The van der Waals surface area contributed by atoms with E-state index in [0.717, 1.165) is 12.1 Å². The standard InChI is InChI=1S/C11H15NO.C2H6/c1-3-9-5-7-10(8-6-9)12-11(13)4-2;1-2/h5-8H,3-4H2,1-2H3,(H,12,13);1-2H3. The molecule has 1 aromatic carbocycles. The predicted octanol–water partition coefficient (Wildman–Crippen LogP) is 3.62. The summed E-state index contributed by atoms with van der Waals surface area (Å²) < 4.78 is 0. The third-order valence-corrected chi connectivity index (χ3v) is 1.97. The Bertz CT molecular complexity index is 277. The highest BCUT2D eigenvalue weighted by Crippen LogP contribution is 2.09. The van der Waals surface area contributed by atoms with Crippen LogP contribution in [-0.2, 0) is 11.2 Å². The van der Waals surface area contributed by atoms with E-state index < -0.39 is 0 Å². The molecule has 0 saturated carbocycles. The Morgan fingerprint density at radius 2 is 1.67 bits per heavy atom. The minimum Gasteiger partial charge on any atom is -0.326 e. The Kier molecular flexibility index (Phi) is 7.33. The van der Waals surface area contributed by atoms with Gasteiger partial charge in [0.2, 0.25) is 5.91 Å². The molecule has 0 atom stereocenters. The summed E-state index contributed by atoms with van der Waals surface area (Å²) in [5.74, 6) is 0.0595. The first kappa shape index (κ1) is 13.7. The maximum atomic E-state index is 11.0. The van der Waals surface area contributed by atoms with Gasteiger partial charge in [0.05, 0.1) is 0 Å². The number of amides is 1. The van der Waals surface area contributed by atoms with Crippen LogP contribution in [0.2, 0.25) is 0 Å². The van der Waals surface area contributed by atoms with E-state index in [1.54, 1.807) is 0 Å². The third-order valence-electron chi connectivity index (χ3n) is 1.97. The van der Waals surface area contributed by atoms with Crippen molar-refractivity contribution in [2.24, 2.45) is 0 Å².